The minimum absolute atomic E-state index is 0.0159. The molecule has 0 fully saturated rings. The van der Waals surface area contributed by atoms with Crippen LogP contribution in [0.4, 0.5) is 35.1 Å². The molecule has 0 amide bonds. The smallest absolute Gasteiger partial charge is 0.384 e. The van der Waals surface area contributed by atoms with E-state index in [4.69, 9.17) is 0 Å². The Labute approximate surface area is 110 Å². The summed E-state index contributed by atoms with van der Waals surface area (Å²) in [7, 11) is 0.0318. The molecular formula is C8H6F8O5. The van der Waals surface area contributed by atoms with Gasteiger partial charge in [0.2, 0.25) is 0 Å². The third-order valence-electron chi connectivity index (χ3n) is 2.00. The van der Waals surface area contributed by atoms with Crippen molar-refractivity contribution < 1.29 is 58.9 Å². The minimum Gasteiger partial charge on any atom is -0.384 e. The molecule has 0 aromatic rings. The molecule has 0 rings (SSSR count). The van der Waals surface area contributed by atoms with Crippen molar-refractivity contribution in [2.24, 2.45) is 0 Å². The van der Waals surface area contributed by atoms with Crippen LogP contribution in [0.3, 0.4) is 0 Å². The third kappa shape index (κ3) is 3.40. The van der Waals surface area contributed by atoms with Gasteiger partial charge in [-0.1, -0.05) is 0 Å². The lowest BCUT2D eigenvalue weighted by molar-refractivity contribution is -0.327. The normalized spacial score (nSPS) is 18.6. The molecule has 124 valence electrons. The van der Waals surface area contributed by atoms with E-state index in [2.05, 4.69) is 14.2 Å². The molecule has 0 radical (unpaired) electrons. The molecule has 0 heterocycles. The van der Waals surface area contributed by atoms with E-state index in [1.165, 1.54) is 0 Å². The highest BCUT2D eigenvalue weighted by atomic mass is 19.4. The van der Waals surface area contributed by atoms with Gasteiger partial charge < -0.3 is 14.2 Å². The fourth-order valence-electron chi connectivity index (χ4n) is 0.845. The number of carbonyl (C=O) groups is 2. The Morgan fingerprint density at radius 2 is 0.905 bits per heavy atom. The fraction of sp³-hybridized carbons (Fsp3) is 0.750. The second kappa shape index (κ2) is 5.71. The summed E-state index contributed by atoms with van der Waals surface area (Å²) in [6.45, 7) is 0. The summed E-state index contributed by atoms with van der Waals surface area (Å²) in [6, 6.07) is 0. The molecule has 0 bridgehead atoms. The number of alkyl halides is 8. The molecule has 0 saturated carbocycles. The highest BCUT2D eigenvalue weighted by molar-refractivity contribution is 5.93. The van der Waals surface area contributed by atoms with E-state index >= 15 is 0 Å². The number of halogens is 8. The second-order valence-electron chi connectivity index (χ2n) is 3.27. The number of rotatable bonds is 4. The minimum atomic E-state index is -6.09. The van der Waals surface area contributed by atoms with Gasteiger partial charge in [-0.2, -0.15) is 35.1 Å². The standard InChI is InChI=1S/C8H6F8O5/c1-19-5(9,7(11,12)13)3(17)21-4(18)6(10,20-2)8(14,15)16/h1-2H3. The molecule has 0 aliphatic rings. The monoisotopic (exact) mass is 334 g/mol. The predicted octanol–water partition coefficient (Wildman–Crippen LogP) is 1.81. The molecule has 0 aromatic heterocycles. The van der Waals surface area contributed by atoms with Crippen LogP contribution in [0.15, 0.2) is 0 Å². The van der Waals surface area contributed by atoms with Crippen LogP contribution >= 0.6 is 0 Å². The number of hydrogen-bond acceptors (Lipinski definition) is 5. The van der Waals surface area contributed by atoms with Crippen molar-refractivity contribution in [1.82, 2.24) is 0 Å². The lowest BCUT2D eigenvalue weighted by Crippen LogP contribution is -2.56. The lowest BCUT2D eigenvalue weighted by Gasteiger charge is -2.26. The Hall–Kier alpha value is -1.50. The third-order valence-corrected chi connectivity index (χ3v) is 2.00. The van der Waals surface area contributed by atoms with Crippen LogP contribution in [-0.4, -0.2) is 50.2 Å². The van der Waals surface area contributed by atoms with E-state index < -0.39 is 36.0 Å². The van der Waals surface area contributed by atoms with E-state index in [0.717, 1.165) is 0 Å². The Morgan fingerprint density at radius 1 is 0.667 bits per heavy atom. The van der Waals surface area contributed by atoms with Crippen LogP contribution in [0.2, 0.25) is 0 Å². The summed E-state index contributed by atoms with van der Waals surface area (Å²) < 4.78 is 108. The van der Waals surface area contributed by atoms with Gasteiger partial charge in [0.25, 0.3) is 0 Å². The summed E-state index contributed by atoms with van der Waals surface area (Å²) >= 11 is 0. The number of esters is 2. The molecule has 0 aliphatic carbocycles. The van der Waals surface area contributed by atoms with Gasteiger partial charge in [0.1, 0.15) is 0 Å². The van der Waals surface area contributed by atoms with Gasteiger partial charge in [-0.3, -0.25) is 0 Å². The molecule has 21 heavy (non-hydrogen) atoms. The zero-order valence-corrected chi connectivity index (χ0v) is 10.1. The van der Waals surface area contributed by atoms with Gasteiger partial charge in [0.15, 0.2) is 0 Å². The first-order valence-corrected chi connectivity index (χ1v) is 4.55. The van der Waals surface area contributed by atoms with Gasteiger partial charge >= 0.3 is 36.0 Å². The van der Waals surface area contributed by atoms with Crippen LogP contribution in [0.5, 0.6) is 0 Å². The topological polar surface area (TPSA) is 61.8 Å². The highest BCUT2D eigenvalue weighted by Gasteiger charge is 2.69. The largest absolute Gasteiger partial charge is 0.460 e. The molecule has 0 saturated heterocycles. The maximum absolute atomic E-state index is 13.2. The van der Waals surface area contributed by atoms with Crippen molar-refractivity contribution >= 4 is 11.9 Å². The SMILES string of the molecule is COC(F)(C(=O)OC(=O)C(F)(OC)C(F)(F)F)C(F)(F)F. The Morgan fingerprint density at radius 3 is 1.05 bits per heavy atom. The zero-order chi connectivity index (χ0) is 17.3. The summed E-state index contributed by atoms with van der Waals surface area (Å²) in [5, 5.41) is 0. The predicted molar refractivity (Wildman–Crippen MR) is 44.9 cm³/mol. The van der Waals surface area contributed by atoms with E-state index in [-0.39, 0.29) is 14.2 Å². The second-order valence-corrected chi connectivity index (χ2v) is 3.27. The van der Waals surface area contributed by atoms with Crippen LogP contribution in [0.25, 0.3) is 0 Å². The van der Waals surface area contributed by atoms with Gasteiger partial charge in [-0.25, -0.2) is 9.59 Å². The molecular weight excluding hydrogens is 328 g/mol. The van der Waals surface area contributed by atoms with Crippen LogP contribution in [0, 0.1) is 0 Å². The summed E-state index contributed by atoms with van der Waals surface area (Å²) in [5.41, 5.74) is 0. The lowest BCUT2D eigenvalue weighted by atomic mass is 10.2. The van der Waals surface area contributed by atoms with Crippen molar-refractivity contribution in [2.75, 3.05) is 14.2 Å². The molecule has 0 aromatic carbocycles. The maximum Gasteiger partial charge on any atom is 0.460 e. The zero-order valence-electron chi connectivity index (χ0n) is 10.1. The first-order chi connectivity index (χ1) is 9.17. The average Bonchev–Trinajstić information content (AvgIpc) is 2.33. The molecule has 2 unspecified atom stereocenters. The van der Waals surface area contributed by atoms with Gasteiger partial charge in [0.05, 0.1) is 0 Å². The van der Waals surface area contributed by atoms with Crippen molar-refractivity contribution in [3.8, 4) is 0 Å². The van der Waals surface area contributed by atoms with Crippen LogP contribution in [-0.2, 0) is 23.8 Å². The van der Waals surface area contributed by atoms with E-state index in [9.17, 15) is 44.7 Å². The highest BCUT2D eigenvalue weighted by Crippen LogP contribution is 2.38. The van der Waals surface area contributed by atoms with Crippen molar-refractivity contribution in [3.63, 3.8) is 0 Å². The quantitative estimate of drug-likeness (QED) is 0.446. The first kappa shape index (κ1) is 19.5. The fourth-order valence-corrected chi connectivity index (χ4v) is 0.845. The van der Waals surface area contributed by atoms with Crippen molar-refractivity contribution in [1.29, 1.82) is 0 Å². The van der Waals surface area contributed by atoms with Gasteiger partial charge in [-0.05, 0) is 0 Å². The van der Waals surface area contributed by atoms with E-state index in [0.29, 0.717) is 0 Å². The molecule has 13 heteroatoms. The maximum atomic E-state index is 13.2. The van der Waals surface area contributed by atoms with Gasteiger partial charge in [-0.15, -0.1) is 0 Å². The number of carbonyl (C=O) groups excluding carboxylic acids is 2. The average molecular weight is 334 g/mol. The number of hydrogen-bond donors (Lipinski definition) is 0. The summed E-state index contributed by atoms with van der Waals surface area (Å²) in [6.07, 6.45) is -12.2. The van der Waals surface area contributed by atoms with E-state index in [1.807, 2.05) is 0 Å². The van der Waals surface area contributed by atoms with Crippen LogP contribution < -0.4 is 0 Å². The Balaban J connectivity index is 5.40. The Bertz CT molecular complexity index is 380. The first-order valence-electron chi connectivity index (χ1n) is 4.55. The van der Waals surface area contributed by atoms with Gasteiger partial charge in [0, 0.05) is 14.2 Å². The van der Waals surface area contributed by atoms with Crippen LogP contribution in [0.1, 0.15) is 0 Å². The Kier molecular flexibility index (Phi) is 5.30. The number of ether oxygens (including phenoxy) is 3. The van der Waals surface area contributed by atoms with Crippen molar-refractivity contribution in [2.45, 2.75) is 24.1 Å². The molecule has 5 nitrogen and oxygen atoms in total. The molecule has 2 atom stereocenters. The molecule has 0 N–H and O–H groups in total. The van der Waals surface area contributed by atoms with Crippen molar-refractivity contribution in [3.05, 3.63) is 0 Å². The number of methoxy groups -OCH3 is 2. The van der Waals surface area contributed by atoms with E-state index in [1.54, 1.807) is 0 Å². The summed E-state index contributed by atoms with van der Waals surface area (Å²) in [4.78, 5) is 21.6. The molecule has 0 aliphatic heterocycles. The summed E-state index contributed by atoms with van der Waals surface area (Å²) in [5.74, 6) is -17.0. The molecule has 0 spiro atoms.